The maximum absolute atomic E-state index is 13.6. The largest absolute Gasteiger partial charge is 0.310 e. The van der Waals surface area contributed by atoms with Crippen LogP contribution in [0, 0.1) is 5.82 Å². The van der Waals surface area contributed by atoms with E-state index in [9.17, 15) is 4.39 Å². The van der Waals surface area contributed by atoms with Crippen LogP contribution in [0.3, 0.4) is 0 Å². The maximum Gasteiger partial charge on any atom is 0.126 e. The van der Waals surface area contributed by atoms with Gasteiger partial charge >= 0.3 is 0 Å². The highest BCUT2D eigenvalue weighted by atomic mass is 19.1. The van der Waals surface area contributed by atoms with Crippen LogP contribution < -0.4 is 5.32 Å². The Morgan fingerprint density at radius 2 is 2.00 bits per heavy atom. The summed E-state index contributed by atoms with van der Waals surface area (Å²) >= 11 is 0. The molecule has 1 aliphatic heterocycles. The molecule has 0 amide bonds. The monoisotopic (exact) mass is 248 g/mol. The van der Waals surface area contributed by atoms with E-state index in [1.54, 1.807) is 12.1 Å². The summed E-state index contributed by atoms with van der Waals surface area (Å²) in [4.78, 5) is 2.37. The number of benzene rings is 1. The molecule has 3 heteroatoms. The van der Waals surface area contributed by atoms with E-state index in [1.807, 2.05) is 12.1 Å². The van der Waals surface area contributed by atoms with Gasteiger partial charge in [-0.2, -0.15) is 0 Å². The average molecular weight is 248 g/mol. The molecule has 18 heavy (non-hydrogen) atoms. The zero-order chi connectivity index (χ0) is 12.5. The Morgan fingerprint density at radius 1 is 1.22 bits per heavy atom. The van der Waals surface area contributed by atoms with Gasteiger partial charge in [-0.15, -0.1) is 0 Å². The SMILES string of the molecule is CN1CCC(NC2CC(c3ccccc3F)C2)C1. The number of likely N-dealkylation sites (N-methyl/N-ethyl adjacent to an activating group) is 1. The zero-order valence-electron chi connectivity index (χ0n) is 10.9. The van der Waals surface area contributed by atoms with Crippen LogP contribution in [-0.4, -0.2) is 37.1 Å². The van der Waals surface area contributed by atoms with Crippen molar-refractivity contribution in [1.82, 2.24) is 10.2 Å². The molecule has 1 saturated heterocycles. The quantitative estimate of drug-likeness (QED) is 0.883. The Balaban J connectivity index is 1.50. The number of likely N-dealkylation sites (tertiary alicyclic amines) is 1. The lowest BCUT2D eigenvalue weighted by atomic mass is 9.75. The topological polar surface area (TPSA) is 15.3 Å². The Morgan fingerprint density at radius 3 is 2.67 bits per heavy atom. The second-order valence-corrected chi connectivity index (χ2v) is 5.80. The molecule has 2 fully saturated rings. The molecule has 2 nitrogen and oxygen atoms in total. The van der Waals surface area contributed by atoms with Gasteiger partial charge in [0.25, 0.3) is 0 Å². The van der Waals surface area contributed by atoms with E-state index in [-0.39, 0.29) is 5.82 Å². The molecule has 1 aliphatic carbocycles. The van der Waals surface area contributed by atoms with Crippen LogP contribution >= 0.6 is 0 Å². The molecular formula is C15H21FN2. The highest BCUT2D eigenvalue weighted by Crippen LogP contribution is 2.38. The summed E-state index contributed by atoms with van der Waals surface area (Å²) in [6.07, 6.45) is 3.42. The lowest BCUT2D eigenvalue weighted by molar-refractivity contribution is 0.259. The van der Waals surface area contributed by atoms with Crippen LogP contribution in [0.25, 0.3) is 0 Å². The summed E-state index contributed by atoms with van der Waals surface area (Å²) in [7, 11) is 2.17. The predicted octanol–water partition coefficient (Wildman–Crippen LogP) is 2.37. The van der Waals surface area contributed by atoms with Gasteiger partial charge < -0.3 is 10.2 Å². The van der Waals surface area contributed by atoms with E-state index >= 15 is 0 Å². The van der Waals surface area contributed by atoms with Crippen LogP contribution in [-0.2, 0) is 0 Å². The van der Waals surface area contributed by atoms with Crippen molar-refractivity contribution in [2.45, 2.75) is 37.3 Å². The zero-order valence-corrected chi connectivity index (χ0v) is 10.9. The molecule has 1 aromatic rings. The summed E-state index contributed by atoms with van der Waals surface area (Å²) < 4.78 is 13.6. The minimum atomic E-state index is -0.0402. The molecule has 1 saturated carbocycles. The highest BCUT2D eigenvalue weighted by Gasteiger charge is 2.34. The van der Waals surface area contributed by atoms with E-state index in [1.165, 1.54) is 13.0 Å². The Hall–Kier alpha value is -0.930. The van der Waals surface area contributed by atoms with E-state index in [0.717, 1.165) is 24.9 Å². The van der Waals surface area contributed by atoms with Crippen LogP contribution in [0.1, 0.15) is 30.7 Å². The van der Waals surface area contributed by atoms with Crippen LogP contribution in [0.4, 0.5) is 4.39 Å². The molecule has 1 atom stereocenters. The maximum atomic E-state index is 13.6. The third-order valence-corrected chi connectivity index (χ3v) is 4.35. The fourth-order valence-electron chi connectivity index (χ4n) is 3.22. The summed E-state index contributed by atoms with van der Waals surface area (Å²) in [5.74, 6) is 0.379. The predicted molar refractivity (Wildman–Crippen MR) is 71.2 cm³/mol. The number of rotatable bonds is 3. The normalized spacial score (nSPS) is 32.4. The van der Waals surface area contributed by atoms with Crippen LogP contribution in [0.5, 0.6) is 0 Å². The summed E-state index contributed by atoms with van der Waals surface area (Å²) in [6, 6.07) is 8.43. The molecule has 2 aliphatic rings. The first kappa shape index (κ1) is 12.1. The van der Waals surface area contributed by atoms with Crippen LogP contribution in [0.15, 0.2) is 24.3 Å². The van der Waals surface area contributed by atoms with Gasteiger partial charge in [-0.25, -0.2) is 4.39 Å². The molecule has 1 N–H and O–H groups in total. The lowest BCUT2D eigenvalue weighted by Gasteiger charge is -2.38. The molecule has 98 valence electrons. The van der Waals surface area contributed by atoms with Gasteiger partial charge in [0.15, 0.2) is 0 Å². The van der Waals surface area contributed by atoms with Crippen molar-refractivity contribution in [3.63, 3.8) is 0 Å². The molecule has 1 unspecified atom stereocenters. The van der Waals surface area contributed by atoms with Crippen molar-refractivity contribution in [3.05, 3.63) is 35.6 Å². The number of halogens is 1. The number of nitrogens with one attached hydrogen (secondary N) is 1. The van der Waals surface area contributed by atoms with E-state index in [0.29, 0.717) is 18.0 Å². The molecule has 0 spiro atoms. The van der Waals surface area contributed by atoms with E-state index in [4.69, 9.17) is 0 Å². The summed E-state index contributed by atoms with van der Waals surface area (Å²) in [5, 5.41) is 3.70. The van der Waals surface area contributed by atoms with Crippen molar-refractivity contribution in [2.75, 3.05) is 20.1 Å². The number of nitrogens with zero attached hydrogens (tertiary/aromatic N) is 1. The van der Waals surface area contributed by atoms with Gasteiger partial charge in [0.1, 0.15) is 5.82 Å². The van der Waals surface area contributed by atoms with Gasteiger partial charge in [-0.3, -0.25) is 0 Å². The van der Waals surface area contributed by atoms with Gasteiger partial charge in [0.2, 0.25) is 0 Å². The van der Waals surface area contributed by atoms with Gasteiger partial charge in [0, 0.05) is 18.6 Å². The second-order valence-electron chi connectivity index (χ2n) is 5.80. The number of hydrogen-bond donors (Lipinski definition) is 1. The fourth-order valence-corrected chi connectivity index (χ4v) is 3.22. The molecule has 0 bridgehead atoms. The fraction of sp³-hybridized carbons (Fsp3) is 0.600. The smallest absolute Gasteiger partial charge is 0.126 e. The summed E-state index contributed by atoms with van der Waals surface area (Å²) in [6.45, 7) is 2.35. The average Bonchev–Trinajstić information content (AvgIpc) is 2.70. The second kappa shape index (κ2) is 4.98. The first-order chi connectivity index (χ1) is 8.72. The third kappa shape index (κ3) is 2.43. The van der Waals surface area contributed by atoms with Gasteiger partial charge in [-0.05, 0) is 50.4 Å². The van der Waals surface area contributed by atoms with Gasteiger partial charge in [0.05, 0.1) is 0 Å². The van der Waals surface area contributed by atoms with Crippen molar-refractivity contribution in [2.24, 2.45) is 0 Å². The van der Waals surface area contributed by atoms with Crippen molar-refractivity contribution in [3.8, 4) is 0 Å². The summed E-state index contributed by atoms with van der Waals surface area (Å²) in [5.41, 5.74) is 0.902. The Bertz CT molecular complexity index is 415. The van der Waals surface area contributed by atoms with Gasteiger partial charge in [-0.1, -0.05) is 18.2 Å². The minimum absolute atomic E-state index is 0.0402. The molecule has 1 aromatic carbocycles. The molecule has 0 aromatic heterocycles. The third-order valence-electron chi connectivity index (χ3n) is 4.35. The number of hydrogen-bond acceptors (Lipinski definition) is 2. The Kier molecular flexibility index (Phi) is 3.35. The Labute approximate surface area is 108 Å². The van der Waals surface area contributed by atoms with Crippen molar-refractivity contribution < 1.29 is 4.39 Å². The minimum Gasteiger partial charge on any atom is -0.310 e. The van der Waals surface area contributed by atoms with E-state index in [2.05, 4.69) is 17.3 Å². The van der Waals surface area contributed by atoms with Crippen LogP contribution in [0.2, 0.25) is 0 Å². The molecular weight excluding hydrogens is 227 g/mol. The molecule has 1 heterocycles. The lowest BCUT2D eigenvalue weighted by Crippen LogP contribution is -2.46. The molecule has 0 radical (unpaired) electrons. The van der Waals surface area contributed by atoms with E-state index < -0.39 is 0 Å². The van der Waals surface area contributed by atoms with Crippen molar-refractivity contribution >= 4 is 0 Å². The first-order valence-corrected chi connectivity index (χ1v) is 6.91. The first-order valence-electron chi connectivity index (χ1n) is 6.91. The van der Waals surface area contributed by atoms with Crippen molar-refractivity contribution in [1.29, 1.82) is 0 Å². The highest BCUT2D eigenvalue weighted by molar-refractivity contribution is 5.24. The standard InChI is InChI=1S/C15H21FN2/c1-18-7-6-12(10-18)17-13-8-11(9-13)14-4-2-3-5-15(14)16/h2-5,11-13,17H,6-10H2,1H3. The molecule has 3 rings (SSSR count).